The van der Waals surface area contributed by atoms with E-state index in [-0.39, 0.29) is 11.4 Å². The fourth-order valence-electron chi connectivity index (χ4n) is 2.03. The van der Waals surface area contributed by atoms with Crippen molar-refractivity contribution in [3.8, 4) is 5.75 Å². The number of hydrogen-bond acceptors (Lipinski definition) is 2. The molecule has 3 heteroatoms. The van der Waals surface area contributed by atoms with Crippen LogP contribution in [0.25, 0.3) is 0 Å². The number of hydrogen-bond donors (Lipinski definition) is 1. The summed E-state index contributed by atoms with van der Waals surface area (Å²) >= 11 is 0. The highest BCUT2D eigenvalue weighted by molar-refractivity contribution is 5.30. The van der Waals surface area contributed by atoms with Gasteiger partial charge in [0.25, 0.3) is 0 Å². The fourth-order valence-corrected chi connectivity index (χ4v) is 2.03. The third-order valence-electron chi connectivity index (χ3n) is 3.12. The van der Waals surface area contributed by atoms with Gasteiger partial charge in [0.15, 0.2) is 11.6 Å². The molecule has 1 aliphatic rings. The lowest BCUT2D eigenvalue weighted by Gasteiger charge is -2.38. The first-order valence-electron chi connectivity index (χ1n) is 5.24. The molecule has 0 unspecified atom stereocenters. The molecule has 0 aromatic heterocycles. The molecule has 0 radical (unpaired) electrons. The minimum Gasteiger partial charge on any atom is -0.494 e. The van der Waals surface area contributed by atoms with Crippen LogP contribution in [0.3, 0.4) is 0 Å². The van der Waals surface area contributed by atoms with E-state index in [2.05, 4.69) is 0 Å². The van der Waals surface area contributed by atoms with Crippen LogP contribution in [0.15, 0.2) is 18.2 Å². The van der Waals surface area contributed by atoms with Crippen LogP contribution in [-0.2, 0) is 6.42 Å². The number of halogens is 1. The number of rotatable bonds is 3. The SMILES string of the molecule is COc1ccc(CC2(N)CCC2)cc1F. The average molecular weight is 209 g/mol. The quantitative estimate of drug-likeness (QED) is 0.828. The van der Waals surface area contributed by atoms with Crippen LogP contribution in [0.5, 0.6) is 5.75 Å². The predicted molar refractivity (Wildman–Crippen MR) is 57.4 cm³/mol. The van der Waals surface area contributed by atoms with Crippen molar-refractivity contribution < 1.29 is 9.13 Å². The van der Waals surface area contributed by atoms with Gasteiger partial charge in [-0.15, -0.1) is 0 Å². The molecule has 2 rings (SSSR count). The molecular weight excluding hydrogens is 193 g/mol. The standard InChI is InChI=1S/C12H16FNO/c1-15-11-4-3-9(7-10(11)13)8-12(14)5-2-6-12/h3-4,7H,2,5-6,8,14H2,1H3. The molecule has 1 saturated carbocycles. The first-order valence-corrected chi connectivity index (χ1v) is 5.24. The van der Waals surface area contributed by atoms with Gasteiger partial charge in [-0.2, -0.15) is 0 Å². The molecule has 0 saturated heterocycles. The zero-order valence-electron chi connectivity index (χ0n) is 8.92. The Bertz CT molecular complexity index is 361. The fraction of sp³-hybridized carbons (Fsp3) is 0.500. The molecule has 15 heavy (non-hydrogen) atoms. The van der Waals surface area contributed by atoms with E-state index in [0.717, 1.165) is 24.8 Å². The van der Waals surface area contributed by atoms with Crippen LogP contribution in [0.4, 0.5) is 4.39 Å². The van der Waals surface area contributed by atoms with Crippen molar-refractivity contribution in [2.24, 2.45) is 5.73 Å². The zero-order chi connectivity index (χ0) is 10.9. The van der Waals surface area contributed by atoms with Crippen LogP contribution < -0.4 is 10.5 Å². The Kier molecular flexibility index (Phi) is 2.65. The van der Waals surface area contributed by atoms with Gasteiger partial charge in [0, 0.05) is 5.54 Å². The summed E-state index contributed by atoms with van der Waals surface area (Å²) in [5.41, 5.74) is 6.96. The summed E-state index contributed by atoms with van der Waals surface area (Å²) < 4.78 is 18.2. The molecule has 0 heterocycles. The number of benzene rings is 1. The normalized spacial score (nSPS) is 18.3. The van der Waals surface area contributed by atoms with E-state index >= 15 is 0 Å². The van der Waals surface area contributed by atoms with Gasteiger partial charge in [-0.3, -0.25) is 0 Å². The molecule has 0 atom stereocenters. The van der Waals surface area contributed by atoms with Crippen molar-refractivity contribution in [3.63, 3.8) is 0 Å². The van der Waals surface area contributed by atoms with Crippen molar-refractivity contribution in [1.82, 2.24) is 0 Å². The summed E-state index contributed by atoms with van der Waals surface area (Å²) in [5.74, 6) is -0.0173. The average Bonchev–Trinajstić information content (AvgIpc) is 2.16. The van der Waals surface area contributed by atoms with Crippen LogP contribution in [-0.4, -0.2) is 12.6 Å². The molecule has 1 aromatic carbocycles. The monoisotopic (exact) mass is 209 g/mol. The third kappa shape index (κ3) is 2.12. The summed E-state index contributed by atoms with van der Waals surface area (Å²) in [6.07, 6.45) is 4.03. The van der Waals surface area contributed by atoms with Gasteiger partial charge in [-0.25, -0.2) is 4.39 Å². The summed E-state index contributed by atoms with van der Waals surface area (Å²) in [5, 5.41) is 0. The van der Waals surface area contributed by atoms with E-state index in [1.54, 1.807) is 6.07 Å². The highest BCUT2D eigenvalue weighted by Gasteiger charge is 2.32. The lowest BCUT2D eigenvalue weighted by Crippen LogP contribution is -2.48. The molecule has 82 valence electrons. The maximum atomic E-state index is 13.4. The van der Waals surface area contributed by atoms with E-state index < -0.39 is 0 Å². The van der Waals surface area contributed by atoms with E-state index in [1.807, 2.05) is 6.07 Å². The number of ether oxygens (including phenoxy) is 1. The Labute approximate surface area is 89.2 Å². The predicted octanol–water partition coefficient (Wildman–Crippen LogP) is 2.26. The van der Waals surface area contributed by atoms with Crippen LogP contribution in [0.2, 0.25) is 0 Å². The minimum atomic E-state index is -0.307. The Balaban J connectivity index is 2.12. The highest BCUT2D eigenvalue weighted by atomic mass is 19.1. The highest BCUT2D eigenvalue weighted by Crippen LogP contribution is 2.33. The Morgan fingerprint density at radius 1 is 1.47 bits per heavy atom. The summed E-state index contributed by atoms with van der Waals surface area (Å²) in [7, 11) is 1.47. The molecule has 0 bridgehead atoms. The van der Waals surface area contributed by atoms with Crippen molar-refractivity contribution in [2.45, 2.75) is 31.2 Å². The first kappa shape index (κ1) is 10.4. The molecule has 0 spiro atoms. The second-order valence-corrected chi connectivity index (χ2v) is 4.36. The number of nitrogens with two attached hydrogens (primary N) is 1. The van der Waals surface area contributed by atoms with Gasteiger partial charge in [0.05, 0.1) is 7.11 Å². The molecule has 0 aliphatic heterocycles. The number of methoxy groups -OCH3 is 1. The maximum Gasteiger partial charge on any atom is 0.165 e. The van der Waals surface area contributed by atoms with Crippen LogP contribution in [0, 0.1) is 5.82 Å². The van der Waals surface area contributed by atoms with Gasteiger partial charge in [-0.05, 0) is 43.4 Å². The van der Waals surface area contributed by atoms with E-state index in [1.165, 1.54) is 19.6 Å². The Morgan fingerprint density at radius 2 is 2.20 bits per heavy atom. The summed E-state index contributed by atoms with van der Waals surface area (Å²) in [6.45, 7) is 0. The molecule has 2 nitrogen and oxygen atoms in total. The first-order chi connectivity index (χ1) is 7.13. The summed E-state index contributed by atoms with van der Waals surface area (Å²) in [6, 6.07) is 5.06. The summed E-state index contributed by atoms with van der Waals surface area (Å²) in [4.78, 5) is 0. The van der Waals surface area contributed by atoms with Gasteiger partial charge in [0.2, 0.25) is 0 Å². The molecular formula is C12H16FNO. The largest absolute Gasteiger partial charge is 0.494 e. The van der Waals surface area contributed by atoms with Crippen molar-refractivity contribution in [3.05, 3.63) is 29.6 Å². The second-order valence-electron chi connectivity index (χ2n) is 4.36. The minimum absolute atomic E-state index is 0.0962. The molecule has 1 aromatic rings. The van der Waals surface area contributed by atoms with E-state index in [0.29, 0.717) is 5.75 Å². The van der Waals surface area contributed by atoms with Gasteiger partial charge in [0.1, 0.15) is 0 Å². The molecule has 1 fully saturated rings. The van der Waals surface area contributed by atoms with Gasteiger partial charge in [-0.1, -0.05) is 6.07 Å². The van der Waals surface area contributed by atoms with Crippen molar-refractivity contribution >= 4 is 0 Å². The van der Waals surface area contributed by atoms with Crippen molar-refractivity contribution in [2.75, 3.05) is 7.11 Å². The topological polar surface area (TPSA) is 35.2 Å². The van der Waals surface area contributed by atoms with Gasteiger partial charge < -0.3 is 10.5 Å². The zero-order valence-corrected chi connectivity index (χ0v) is 8.92. The molecule has 0 amide bonds. The van der Waals surface area contributed by atoms with E-state index in [4.69, 9.17) is 10.5 Å². The van der Waals surface area contributed by atoms with Gasteiger partial charge >= 0.3 is 0 Å². The maximum absolute atomic E-state index is 13.4. The smallest absolute Gasteiger partial charge is 0.165 e. The van der Waals surface area contributed by atoms with E-state index in [9.17, 15) is 4.39 Å². The van der Waals surface area contributed by atoms with Crippen LogP contribution >= 0.6 is 0 Å². The third-order valence-corrected chi connectivity index (χ3v) is 3.12. The molecule has 1 aliphatic carbocycles. The van der Waals surface area contributed by atoms with Crippen molar-refractivity contribution in [1.29, 1.82) is 0 Å². The lowest BCUT2D eigenvalue weighted by atomic mass is 9.74. The van der Waals surface area contributed by atoms with Crippen LogP contribution in [0.1, 0.15) is 24.8 Å². The Morgan fingerprint density at radius 3 is 2.67 bits per heavy atom. The lowest BCUT2D eigenvalue weighted by molar-refractivity contribution is 0.247. The second kappa shape index (κ2) is 3.81. The molecule has 2 N–H and O–H groups in total. The Hall–Kier alpha value is -1.09.